The molecule has 0 heterocycles. The van der Waals surface area contributed by atoms with Gasteiger partial charge in [0.25, 0.3) is 0 Å². The summed E-state index contributed by atoms with van der Waals surface area (Å²) in [6.07, 6.45) is 2.85. The van der Waals surface area contributed by atoms with E-state index >= 15 is 0 Å². The van der Waals surface area contributed by atoms with Crippen LogP contribution in [0.5, 0.6) is 0 Å². The summed E-state index contributed by atoms with van der Waals surface area (Å²) >= 11 is 0. The Morgan fingerprint density at radius 3 is 2.76 bits per heavy atom. The molecule has 0 spiro atoms. The van der Waals surface area contributed by atoms with Crippen molar-refractivity contribution >= 4 is 6.09 Å². The smallest absolute Gasteiger partial charge is 0.407 e. The lowest BCUT2D eigenvalue weighted by molar-refractivity contribution is -0.113. The van der Waals surface area contributed by atoms with Crippen molar-refractivity contribution in [1.82, 2.24) is 5.32 Å². The lowest BCUT2D eigenvalue weighted by Gasteiger charge is -2.27. The van der Waals surface area contributed by atoms with Crippen LogP contribution in [-0.4, -0.2) is 32.1 Å². The molecule has 5 atom stereocenters. The standard InChI is InChI=1S/C19H26FNO4/c1-12(18(24-11-23-2)15-5-3-4-6-16(15)20)25-19(22)21-17-10-13-7-8-14(17)9-13/h3-6,12-14,17-18H,7-11H2,1-2H3,(H,21,22)/t12-,13?,14?,17?,18+/m0/s1. The molecule has 3 unspecified atom stereocenters. The van der Waals surface area contributed by atoms with Crippen LogP contribution in [0.2, 0.25) is 0 Å². The molecule has 0 saturated heterocycles. The van der Waals surface area contributed by atoms with Crippen LogP contribution in [0.1, 0.15) is 44.3 Å². The number of hydrogen-bond donors (Lipinski definition) is 1. The van der Waals surface area contributed by atoms with Gasteiger partial charge in [0, 0.05) is 18.7 Å². The number of fused-ring (bicyclic) bond motifs is 2. The molecule has 1 aromatic carbocycles. The van der Waals surface area contributed by atoms with Crippen LogP contribution < -0.4 is 5.32 Å². The molecule has 25 heavy (non-hydrogen) atoms. The zero-order valence-electron chi connectivity index (χ0n) is 14.7. The quantitative estimate of drug-likeness (QED) is 0.760. The first-order valence-corrected chi connectivity index (χ1v) is 8.90. The highest BCUT2D eigenvalue weighted by Crippen LogP contribution is 2.44. The Kier molecular flexibility index (Phi) is 5.91. The van der Waals surface area contributed by atoms with Gasteiger partial charge < -0.3 is 19.5 Å². The summed E-state index contributed by atoms with van der Waals surface area (Å²) < 4.78 is 30.1. The summed E-state index contributed by atoms with van der Waals surface area (Å²) in [5, 5.41) is 2.98. The van der Waals surface area contributed by atoms with Gasteiger partial charge in [-0.25, -0.2) is 9.18 Å². The molecule has 2 aliphatic carbocycles. The summed E-state index contributed by atoms with van der Waals surface area (Å²) in [7, 11) is 1.49. The van der Waals surface area contributed by atoms with Crippen molar-refractivity contribution in [3.8, 4) is 0 Å². The zero-order valence-corrected chi connectivity index (χ0v) is 14.7. The highest BCUT2D eigenvalue weighted by atomic mass is 19.1. The Morgan fingerprint density at radius 1 is 1.32 bits per heavy atom. The van der Waals surface area contributed by atoms with E-state index in [1.54, 1.807) is 25.1 Å². The van der Waals surface area contributed by atoms with E-state index in [1.807, 2.05) is 0 Å². The van der Waals surface area contributed by atoms with Gasteiger partial charge in [-0.1, -0.05) is 24.6 Å². The predicted octanol–water partition coefficient (Wildman–Crippen LogP) is 3.79. The van der Waals surface area contributed by atoms with Crippen LogP contribution >= 0.6 is 0 Å². The Hall–Kier alpha value is -1.66. The van der Waals surface area contributed by atoms with E-state index in [9.17, 15) is 9.18 Å². The van der Waals surface area contributed by atoms with Gasteiger partial charge >= 0.3 is 6.09 Å². The van der Waals surface area contributed by atoms with Crippen LogP contribution in [0.15, 0.2) is 24.3 Å². The molecule has 3 rings (SSSR count). The molecule has 0 aliphatic heterocycles. The van der Waals surface area contributed by atoms with Crippen molar-refractivity contribution in [3.63, 3.8) is 0 Å². The maximum atomic E-state index is 14.1. The van der Waals surface area contributed by atoms with Crippen molar-refractivity contribution in [3.05, 3.63) is 35.6 Å². The predicted molar refractivity (Wildman–Crippen MR) is 90.4 cm³/mol. The number of halogens is 1. The fourth-order valence-corrected chi connectivity index (χ4v) is 4.16. The largest absolute Gasteiger partial charge is 0.443 e. The average molecular weight is 351 g/mol. The summed E-state index contributed by atoms with van der Waals surface area (Å²) in [6, 6.07) is 6.53. The number of nitrogens with one attached hydrogen (secondary N) is 1. The second kappa shape index (κ2) is 8.15. The van der Waals surface area contributed by atoms with Crippen LogP contribution in [0.25, 0.3) is 0 Å². The molecular weight excluding hydrogens is 325 g/mol. The summed E-state index contributed by atoms with van der Waals surface area (Å²) in [4.78, 5) is 12.3. The first kappa shape index (κ1) is 18.1. The van der Waals surface area contributed by atoms with Gasteiger partial charge in [-0.2, -0.15) is 0 Å². The molecule has 1 amide bonds. The molecule has 2 fully saturated rings. The molecule has 2 aliphatic rings. The molecule has 1 aromatic rings. The van der Waals surface area contributed by atoms with Gasteiger partial charge in [0.15, 0.2) is 0 Å². The van der Waals surface area contributed by atoms with Crippen molar-refractivity contribution < 1.29 is 23.4 Å². The first-order valence-electron chi connectivity index (χ1n) is 8.90. The number of hydrogen-bond acceptors (Lipinski definition) is 4. The number of methoxy groups -OCH3 is 1. The lowest BCUT2D eigenvalue weighted by Crippen LogP contribution is -2.41. The van der Waals surface area contributed by atoms with E-state index in [0.29, 0.717) is 11.5 Å². The van der Waals surface area contributed by atoms with E-state index in [2.05, 4.69) is 5.32 Å². The van der Waals surface area contributed by atoms with Gasteiger partial charge in [0.05, 0.1) is 0 Å². The molecule has 5 nitrogen and oxygen atoms in total. The average Bonchev–Trinajstić information content (AvgIpc) is 3.19. The van der Waals surface area contributed by atoms with E-state index < -0.39 is 24.1 Å². The SMILES string of the molecule is COCO[C@@H](c1ccccc1F)[C@H](C)OC(=O)NC1CC2CCC1C2. The zero-order chi connectivity index (χ0) is 17.8. The van der Waals surface area contributed by atoms with Crippen molar-refractivity contribution in [2.24, 2.45) is 11.8 Å². The topological polar surface area (TPSA) is 56.8 Å². The Balaban J connectivity index is 1.60. The number of ether oxygens (including phenoxy) is 3. The molecule has 0 aromatic heterocycles. The summed E-state index contributed by atoms with van der Waals surface area (Å²) in [5.74, 6) is 0.913. The number of rotatable bonds is 7. The molecule has 6 heteroatoms. The monoisotopic (exact) mass is 351 g/mol. The molecule has 2 bridgehead atoms. The maximum Gasteiger partial charge on any atom is 0.407 e. The van der Waals surface area contributed by atoms with Crippen LogP contribution in [0, 0.1) is 17.7 Å². The third kappa shape index (κ3) is 4.30. The van der Waals surface area contributed by atoms with Crippen molar-refractivity contribution in [1.29, 1.82) is 0 Å². The van der Waals surface area contributed by atoms with Gasteiger partial charge in [0.2, 0.25) is 0 Å². The second-order valence-electron chi connectivity index (χ2n) is 7.05. The molecular formula is C19H26FNO4. The normalized spacial score (nSPS) is 27.1. The fourth-order valence-electron chi connectivity index (χ4n) is 4.16. The molecule has 0 radical (unpaired) electrons. The Morgan fingerprint density at radius 2 is 2.12 bits per heavy atom. The van der Waals surface area contributed by atoms with Gasteiger partial charge in [-0.3, -0.25) is 0 Å². The molecule has 138 valence electrons. The number of alkyl carbamates (subject to hydrolysis) is 1. The van der Waals surface area contributed by atoms with Crippen molar-refractivity contribution in [2.45, 2.75) is 50.9 Å². The van der Waals surface area contributed by atoms with E-state index in [0.717, 1.165) is 12.3 Å². The second-order valence-corrected chi connectivity index (χ2v) is 7.05. The number of amides is 1. The molecule has 1 N–H and O–H groups in total. The third-order valence-electron chi connectivity index (χ3n) is 5.34. The van der Waals surface area contributed by atoms with Gasteiger partial charge in [-0.05, 0) is 44.1 Å². The third-order valence-corrected chi connectivity index (χ3v) is 5.34. The number of carbonyl (C=O) groups excluding carboxylic acids is 1. The van der Waals surface area contributed by atoms with Crippen molar-refractivity contribution in [2.75, 3.05) is 13.9 Å². The summed E-state index contributed by atoms with van der Waals surface area (Å²) in [5.41, 5.74) is 0.347. The minimum atomic E-state index is -0.730. The minimum absolute atomic E-state index is 0.0132. The van der Waals surface area contributed by atoms with Crippen LogP contribution in [-0.2, 0) is 14.2 Å². The van der Waals surface area contributed by atoms with E-state index in [-0.39, 0.29) is 12.8 Å². The number of carbonyl (C=O) groups is 1. The van der Waals surface area contributed by atoms with Crippen LogP contribution in [0.4, 0.5) is 9.18 Å². The Bertz CT molecular complexity index is 597. The maximum absolute atomic E-state index is 14.1. The van der Waals surface area contributed by atoms with E-state index in [4.69, 9.17) is 14.2 Å². The lowest BCUT2D eigenvalue weighted by atomic mass is 9.96. The number of benzene rings is 1. The summed E-state index contributed by atoms with van der Waals surface area (Å²) in [6.45, 7) is 1.69. The highest BCUT2D eigenvalue weighted by Gasteiger charge is 2.40. The molecule has 2 saturated carbocycles. The fraction of sp³-hybridized carbons (Fsp3) is 0.632. The minimum Gasteiger partial charge on any atom is -0.443 e. The first-order chi connectivity index (χ1) is 12.1. The highest BCUT2D eigenvalue weighted by molar-refractivity contribution is 5.68. The van der Waals surface area contributed by atoms with E-state index in [1.165, 1.54) is 32.4 Å². The van der Waals surface area contributed by atoms with Gasteiger partial charge in [-0.15, -0.1) is 0 Å². The van der Waals surface area contributed by atoms with Gasteiger partial charge in [0.1, 0.15) is 24.8 Å². The Labute approximate surface area is 147 Å². The van der Waals surface area contributed by atoms with Crippen LogP contribution in [0.3, 0.4) is 0 Å².